The molecule has 182 valence electrons. The molecular formula is C28H24N2O6. The molecule has 0 radical (unpaired) electrons. The van der Waals surface area contributed by atoms with Crippen molar-refractivity contribution in [1.82, 2.24) is 0 Å². The fourth-order valence-corrected chi connectivity index (χ4v) is 4.18. The lowest BCUT2D eigenvalue weighted by molar-refractivity contribution is -0.384. The summed E-state index contributed by atoms with van der Waals surface area (Å²) in [6.07, 6.45) is 3.34. The Morgan fingerprint density at radius 1 is 1.00 bits per heavy atom. The minimum absolute atomic E-state index is 0.0652. The zero-order valence-corrected chi connectivity index (χ0v) is 19.7. The van der Waals surface area contributed by atoms with E-state index in [9.17, 15) is 14.9 Å². The Bertz CT molecular complexity index is 1440. The van der Waals surface area contributed by atoms with Crippen LogP contribution in [0.2, 0.25) is 0 Å². The number of rotatable bonds is 8. The second-order valence-electron chi connectivity index (χ2n) is 8.63. The maximum atomic E-state index is 12.8. The SMILES string of the molecule is Cc1ccccc1Oc1cc(NC(=O)c2ccc(COc3ccc4c(c3)CCC4)o2)cc([N+](=O)[O-])c1. The Kier molecular flexibility index (Phi) is 6.40. The van der Waals surface area contributed by atoms with Crippen LogP contribution in [-0.4, -0.2) is 10.8 Å². The number of nitro groups is 1. The van der Waals surface area contributed by atoms with Crippen molar-refractivity contribution < 1.29 is 23.6 Å². The Morgan fingerprint density at radius 2 is 1.83 bits per heavy atom. The molecule has 1 amide bonds. The number of para-hydroxylation sites is 1. The highest BCUT2D eigenvalue weighted by atomic mass is 16.6. The van der Waals surface area contributed by atoms with E-state index in [1.165, 1.54) is 35.7 Å². The standard InChI is InChI=1S/C28H24N2O6/c1-18-5-2-3-8-26(18)36-25-15-21(14-22(16-25)30(32)33)29-28(31)27-12-11-24(35-27)17-34-23-10-9-19-6-4-7-20(19)13-23/h2-3,5,8-16H,4,6-7,17H2,1H3,(H,29,31). The Morgan fingerprint density at radius 3 is 2.67 bits per heavy atom. The Labute approximate surface area is 207 Å². The molecule has 3 aromatic carbocycles. The van der Waals surface area contributed by atoms with Gasteiger partial charge in [0.2, 0.25) is 0 Å². The number of nitro benzene ring substituents is 1. The highest BCUT2D eigenvalue weighted by molar-refractivity contribution is 6.02. The molecule has 8 nitrogen and oxygen atoms in total. The fourth-order valence-electron chi connectivity index (χ4n) is 4.18. The lowest BCUT2D eigenvalue weighted by atomic mass is 10.1. The van der Waals surface area contributed by atoms with E-state index in [0.717, 1.165) is 24.2 Å². The number of aryl methyl sites for hydroxylation is 3. The van der Waals surface area contributed by atoms with Gasteiger partial charge in [-0.1, -0.05) is 24.3 Å². The molecule has 8 heteroatoms. The number of fused-ring (bicyclic) bond motifs is 1. The summed E-state index contributed by atoms with van der Waals surface area (Å²) in [5.74, 6) is 1.57. The van der Waals surface area contributed by atoms with Crippen LogP contribution in [0.25, 0.3) is 0 Å². The molecule has 5 rings (SSSR count). The number of amides is 1. The number of carbonyl (C=O) groups is 1. The summed E-state index contributed by atoms with van der Waals surface area (Å²) in [7, 11) is 0. The minimum atomic E-state index is -0.541. The van der Waals surface area contributed by atoms with Crippen molar-refractivity contribution in [2.75, 3.05) is 5.32 Å². The van der Waals surface area contributed by atoms with Crippen LogP contribution in [0.15, 0.2) is 77.2 Å². The maximum absolute atomic E-state index is 12.8. The molecule has 0 saturated heterocycles. The van der Waals surface area contributed by atoms with Gasteiger partial charge in [0.15, 0.2) is 5.76 Å². The highest BCUT2D eigenvalue weighted by Crippen LogP contribution is 2.31. The number of hydrogen-bond donors (Lipinski definition) is 1. The number of hydrogen-bond acceptors (Lipinski definition) is 6. The minimum Gasteiger partial charge on any atom is -0.486 e. The van der Waals surface area contributed by atoms with Crippen molar-refractivity contribution in [2.45, 2.75) is 32.8 Å². The van der Waals surface area contributed by atoms with Gasteiger partial charge in [0.1, 0.15) is 29.6 Å². The van der Waals surface area contributed by atoms with Gasteiger partial charge in [0.05, 0.1) is 16.7 Å². The third kappa shape index (κ3) is 5.22. The summed E-state index contributed by atoms with van der Waals surface area (Å²) in [6, 6.07) is 20.7. The van der Waals surface area contributed by atoms with Crippen LogP contribution >= 0.6 is 0 Å². The van der Waals surface area contributed by atoms with Crippen LogP contribution in [-0.2, 0) is 19.4 Å². The number of furan rings is 1. The van der Waals surface area contributed by atoms with E-state index >= 15 is 0 Å². The number of benzene rings is 3. The topological polar surface area (TPSA) is 104 Å². The van der Waals surface area contributed by atoms with Crippen LogP contribution in [0.5, 0.6) is 17.2 Å². The number of ether oxygens (including phenoxy) is 2. The summed E-state index contributed by atoms with van der Waals surface area (Å²) in [6.45, 7) is 2.05. The van der Waals surface area contributed by atoms with Crippen molar-refractivity contribution in [3.63, 3.8) is 0 Å². The molecule has 0 bridgehead atoms. The molecular weight excluding hydrogens is 460 g/mol. The monoisotopic (exact) mass is 484 g/mol. The fraction of sp³-hybridized carbons (Fsp3) is 0.179. The van der Waals surface area contributed by atoms with E-state index in [1.54, 1.807) is 18.2 Å². The van der Waals surface area contributed by atoms with E-state index in [0.29, 0.717) is 11.5 Å². The number of nitrogens with zero attached hydrogens (tertiary/aromatic N) is 1. The third-order valence-corrected chi connectivity index (χ3v) is 6.02. The van der Waals surface area contributed by atoms with E-state index in [1.807, 2.05) is 31.2 Å². The highest BCUT2D eigenvalue weighted by Gasteiger charge is 2.17. The van der Waals surface area contributed by atoms with Crippen LogP contribution in [0, 0.1) is 17.0 Å². The van der Waals surface area contributed by atoms with Crippen molar-refractivity contribution in [1.29, 1.82) is 0 Å². The van der Waals surface area contributed by atoms with Gasteiger partial charge < -0.3 is 19.2 Å². The second kappa shape index (κ2) is 9.95. The zero-order chi connectivity index (χ0) is 25.1. The predicted octanol–water partition coefficient (Wildman–Crippen LogP) is 6.61. The Hall–Kier alpha value is -4.59. The van der Waals surface area contributed by atoms with Crippen LogP contribution in [0.1, 0.15) is 39.4 Å². The van der Waals surface area contributed by atoms with E-state index < -0.39 is 10.8 Å². The largest absolute Gasteiger partial charge is 0.486 e. The molecule has 36 heavy (non-hydrogen) atoms. The lowest BCUT2D eigenvalue weighted by Gasteiger charge is -2.10. The third-order valence-electron chi connectivity index (χ3n) is 6.02. The van der Waals surface area contributed by atoms with Gasteiger partial charge in [-0.05, 0) is 73.2 Å². The van der Waals surface area contributed by atoms with E-state index in [2.05, 4.69) is 17.4 Å². The quantitative estimate of drug-likeness (QED) is 0.223. The maximum Gasteiger partial charge on any atom is 0.291 e. The summed E-state index contributed by atoms with van der Waals surface area (Å²) >= 11 is 0. The normalized spacial score (nSPS) is 12.1. The second-order valence-corrected chi connectivity index (χ2v) is 8.63. The molecule has 0 spiro atoms. The van der Waals surface area contributed by atoms with Crippen molar-refractivity contribution >= 4 is 17.3 Å². The van der Waals surface area contributed by atoms with Crippen LogP contribution < -0.4 is 14.8 Å². The molecule has 1 aliphatic carbocycles. The van der Waals surface area contributed by atoms with Crippen molar-refractivity contribution in [3.05, 3.63) is 111 Å². The molecule has 1 N–H and O–H groups in total. The number of non-ortho nitro benzene ring substituents is 1. The van der Waals surface area contributed by atoms with Crippen LogP contribution in [0.4, 0.5) is 11.4 Å². The van der Waals surface area contributed by atoms with E-state index in [4.69, 9.17) is 13.9 Å². The summed E-state index contributed by atoms with van der Waals surface area (Å²) in [5.41, 5.74) is 3.56. The molecule has 0 unspecified atom stereocenters. The Balaban J connectivity index is 1.27. The van der Waals surface area contributed by atoms with Gasteiger partial charge in [-0.15, -0.1) is 0 Å². The first-order valence-electron chi connectivity index (χ1n) is 11.6. The van der Waals surface area contributed by atoms with Gasteiger partial charge in [-0.2, -0.15) is 0 Å². The van der Waals surface area contributed by atoms with Gasteiger partial charge in [-0.3, -0.25) is 14.9 Å². The molecule has 0 fully saturated rings. The van der Waals surface area contributed by atoms with Gasteiger partial charge in [0, 0.05) is 12.1 Å². The van der Waals surface area contributed by atoms with E-state index in [-0.39, 0.29) is 29.5 Å². The summed E-state index contributed by atoms with van der Waals surface area (Å²) < 4.78 is 17.3. The van der Waals surface area contributed by atoms with Crippen molar-refractivity contribution in [2.24, 2.45) is 0 Å². The molecule has 1 heterocycles. The van der Waals surface area contributed by atoms with Crippen LogP contribution in [0.3, 0.4) is 0 Å². The number of anilines is 1. The summed E-state index contributed by atoms with van der Waals surface area (Å²) in [4.78, 5) is 23.7. The van der Waals surface area contributed by atoms with Gasteiger partial charge >= 0.3 is 0 Å². The molecule has 0 atom stereocenters. The first-order valence-corrected chi connectivity index (χ1v) is 11.6. The average molecular weight is 485 g/mol. The molecule has 1 aromatic heterocycles. The molecule has 0 aliphatic heterocycles. The average Bonchev–Trinajstić information content (AvgIpc) is 3.53. The van der Waals surface area contributed by atoms with Crippen molar-refractivity contribution in [3.8, 4) is 17.2 Å². The first kappa shape index (κ1) is 23.2. The number of carbonyl (C=O) groups excluding carboxylic acids is 1. The molecule has 4 aromatic rings. The predicted molar refractivity (Wildman–Crippen MR) is 134 cm³/mol. The number of nitrogens with one attached hydrogen (secondary N) is 1. The summed E-state index contributed by atoms with van der Waals surface area (Å²) in [5, 5.41) is 14.1. The van der Waals surface area contributed by atoms with Gasteiger partial charge in [-0.25, -0.2) is 0 Å². The lowest BCUT2D eigenvalue weighted by Crippen LogP contribution is -2.11. The smallest absolute Gasteiger partial charge is 0.291 e. The van der Waals surface area contributed by atoms with Gasteiger partial charge in [0.25, 0.3) is 11.6 Å². The molecule has 0 saturated carbocycles. The first-order chi connectivity index (χ1) is 17.4. The zero-order valence-electron chi connectivity index (χ0n) is 19.7. The molecule has 1 aliphatic rings.